The molecule has 102 valence electrons. The fourth-order valence-electron chi connectivity index (χ4n) is 1.84. The molecule has 1 unspecified atom stereocenters. The van der Waals surface area contributed by atoms with Gasteiger partial charge < -0.3 is 10.4 Å². The van der Waals surface area contributed by atoms with E-state index in [1.54, 1.807) is 11.6 Å². The SMILES string of the molecule is CCCNC(C)(Cn1nc(C)c(C)c1C)C(=O)O. The van der Waals surface area contributed by atoms with E-state index in [2.05, 4.69) is 10.4 Å². The summed E-state index contributed by atoms with van der Waals surface area (Å²) in [6.45, 7) is 10.7. The predicted octanol–water partition coefficient (Wildman–Crippen LogP) is 1.65. The number of carboxylic acids is 1. The van der Waals surface area contributed by atoms with E-state index in [4.69, 9.17) is 0 Å². The number of aromatic nitrogens is 2. The molecule has 0 aliphatic heterocycles. The van der Waals surface area contributed by atoms with Gasteiger partial charge in [0.05, 0.1) is 12.2 Å². The molecule has 0 radical (unpaired) electrons. The lowest BCUT2D eigenvalue weighted by Gasteiger charge is -2.26. The molecule has 1 aromatic rings. The van der Waals surface area contributed by atoms with Crippen LogP contribution >= 0.6 is 0 Å². The summed E-state index contributed by atoms with van der Waals surface area (Å²) in [5, 5.41) is 16.9. The molecule has 0 fully saturated rings. The maximum absolute atomic E-state index is 11.4. The molecular weight excluding hydrogens is 230 g/mol. The molecule has 1 heterocycles. The van der Waals surface area contributed by atoms with E-state index in [0.29, 0.717) is 13.1 Å². The molecular formula is C13H23N3O2. The Kier molecular flexibility index (Phi) is 4.51. The van der Waals surface area contributed by atoms with Crippen molar-refractivity contribution in [1.82, 2.24) is 15.1 Å². The average Bonchev–Trinajstić information content (AvgIpc) is 2.54. The lowest BCUT2D eigenvalue weighted by atomic mass is 10.0. The third-order valence-electron chi connectivity index (χ3n) is 3.45. The number of aliphatic carboxylic acids is 1. The molecule has 5 heteroatoms. The summed E-state index contributed by atoms with van der Waals surface area (Å²) < 4.78 is 1.78. The van der Waals surface area contributed by atoms with Crippen LogP contribution in [0.2, 0.25) is 0 Å². The van der Waals surface area contributed by atoms with Gasteiger partial charge in [-0.25, -0.2) is 0 Å². The predicted molar refractivity (Wildman–Crippen MR) is 70.8 cm³/mol. The number of aryl methyl sites for hydroxylation is 1. The van der Waals surface area contributed by atoms with Crippen molar-refractivity contribution in [3.05, 3.63) is 17.0 Å². The quantitative estimate of drug-likeness (QED) is 0.809. The second-order valence-electron chi connectivity index (χ2n) is 5.02. The van der Waals surface area contributed by atoms with E-state index in [0.717, 1.165) is 23.4 Å². The van der Waals surface area contributed by atoms with Gasteiger partial charge in [0.25, 0.3) is 0 Å². The molecule has 0 saturated carbocycles. The molecule has 0 aliphatic carbocycles. The Balaban J connectivity index is 2.96. The standard InChI is InChI=1S/C13H23N3O2/c1-6-7-14-13(5,12(17)18)8-16-11(4)9(2)10(3)15-16/h14H,6-8H2,1-5H3,(H,17,18). The third kappa shape index (κ3) is 2.90. The van der Waals surface area contributed by atoms with Crippen molar-refractivity contribution < 1.29 is 9.90 Å². The summed E-state index contributed by atoms with van der Waals surface area (Å²) in [7, 11) is 0. The van der Waals surface area contributed by atoms with Crippen molar-refractivity contribution in [2.45, 2.75) is 53.1 Å². The van der Waals surface area contributed by atoms with Gasteiger partial charge in [0.1, 0.15) is 5.54 Å². The number of rotatable bonds is 6. The van der Waals surface area contributed by atoms with Gasteiger partial charge in [0, 0.05) is 5.69 Å². The van der Waals surface area contributed by atoms with Crippen molar-refractivity contribution in [1.29, 1.82) is 0 Å². The highest BCUT2D eigenvalue weighted by Gasteiger charge is 2.33. The first-order valence-electron chi connectivity index (χ1n) is 6.31. The van der Waals surface area contributed by atoms with Gasteiger partial charge in [-0.15, -0.1) is 0 Å². The minimum absolute atomic E-state index is 0.336. The Morgan fingerprint density at radius 3 is 2.44 bits per heavy atom. The number of nitrogens with zero attached hydrogens (tertiary/aromatic N) is 2. The largest absolute Gasteiger partial charge is 0.480 e. The van der Waals surface area contributed by atoms with E-state index >= 15 is 0 Å². The molecule has 0 aliphatic rings. The van der Waals surface area contributed by atoms with Gasteiger partial charge >= 0.3 is 5.97 Å². The molecule has 0 amide bonds. The van der Waals surface area contributed by atoms with Crippen molar-refractivity contribution in [3.8, 4) is 0 Å². The summed E-state index contributed by atoms with van der Waals surface area (Å²) in [4.78, 5) is 11.4. The Bertz CT molecular complexity index is 440. The van der Waals surface area contributed by atoms with E-state index in [-0.39, 0.29) is 0 Å². The Hall–Kier alpha value is -1.36. The second-order valence-corrected chi connectivity index (χ2v) is 5.02. The lowest BCUT2D eigenvalue weighted by Crippen LogP contribution is -2.53. The zero-order valence-corrected chi connectivity index (χ0v) is 11.9. The molecule has 0 saturated heterocycles. The fourth-order valence-corrected chi connectivity index (χ4v) is 1.84. The molecule has 0 bridgehead atoms. The third-order valence-corrected chi connectivity index (χ3v) is 3.45. The van der Waals surface area contributed by atoms with Gasteiger partial charge in [-0.05, 0) is 46.2 Å². The fraction of sp³-hybridized carbons (Fsp3) is 0.692. The van der Waals surface area contributed by atoms with Crippen molar-refractivity contribution in [2.75, 3.05) is 6.54 Å². The van der Waals surface area contributed by atoms with Crippen LogP contribution in [0.5, 0.6) is 0 Å². The topological polar surface area (TPSA) is 67.2 Å². The lowest BCUT2D eigenvalue weighted by molar-refractivity contribution is -0.144. The van der Waals surface area contributed by atoms with E-state index in [9.17, 15) is 9.90 Å². The van der Waals surface area contributed by atoms with Crippen LogP contribution in [0, 0.1) is 20.8 Å². The van der Waals surface area contributed by atoms with Crippen LogP contribution in [0.1, 0.15) is 37.2 Å². The molecule has 5 nitrogen and oxygen atoms in total. The summed E-state index contributed by atoms with van der Waals surface area (Å²) in [5.74, 6) is -0.846. The highest BCUT2D eigenvalue weighted by atomic mass is 16.4. The zero-order valence-electron chi connectivity index (χ0n) is 11.9. The second kappa shape index (κ2) is 5.52. The van der Waals surface area contributed by atoms with Crippen LogP contribution in [-0.2, 0) is 11.3 Å². The summed E-state index contributed by atoms with van der Waals surface area (Å²) >= 11 is 0. The van der Waals surface area contributed by atoms with E-state index < -0.39 is 11.5 Å². The molecule has 1 rings (SSSR count). The summed E-state index contributed by atoms with van der Waals surface area (Å²) in [6, 6.07) is 0. The van der Waals surface area contributed by atoms with Gasteiger partial charge in [-0.3, -0.25) is 9.48 Å². The maximum atomic E-state index is 11.4. The zero-order chi connectivity index (χ0) is 13.9. The van der Waals surface area contributed by atoms with Gasteiger partial charge in [-0.1, -0.05) is 6.92 Å². The van der Waals surface area contributed by atoms with Gasteiger partial charge in [0.15, 0.2) is 0 Å². The first-order valence-corrected chi connectivity index (χ1v) is 6.31. The van der Waals surface area contributed by atoms with Crippen LogP contribution in [0.15, 0.2) is 0 Å². The minimum atomic E-state index is -0.980. The first-order chi connectivity index (χ1) is 8.31. The minimum Gasteiger partial charge on any atom is -0.480 e. The average molecular weight is 253 g/mol. The van der Waals surface area contributed by atoms with Crippen LogP contribution < -0.4 is 5.32 Å². The number of hydrogen-bond donors (Lipinski definition) is 2. The van der Waals surface area contributed by atoms with Crippen molar-refractivity contribution >= 4 is 5.97 Å². The Labute approximate surface area is 108 Å². The van der Waals surface area contributed by atoms with Crippen molar-refractivity contribution in [3.63, 3.8) is 0 Å². The molecule has 0 aromatic carbocycles. The maximum Gasteiger partial charge on any atom is 0.325 e. The molecule has 18 heavy (non-hydrogen) atoms. The number of nitrogens with one attached hydrogen (secondary N) is 1. The highest BCUT2D eigenvalue weighted by Crippen LogP contribution is 2.15. The molecule has 2 N–H and O–H groups in total. The highest BCUT2D eigenvalue weighted by molar-refractivity contribution is 5.78. The number of carbonyl (C=O) groups is 1. The van der Waals surface area contributed by atoms with Crippen LogP contribution in [0.3, 0.4) is 0 Å². The van der Waals surface area contributed by atoms with E-state index in [1.807, 2.05) is 27.7 Å². The molecule has 1 atom stereocenters. The molecule has 0 spiro atoms. The molecule has 1 aromatic heterocycles. The number of hydrogen-bond acceptors (Lipinski definition) is 3. The monoisotopic (exact) mass is 253 g/mol. The Morgan fingerprint density at radius 1 is 1.44 bits per heavy atom. The number of carboxylic acid groups (broad SMARTS) is 1. The normalized spacial score (nSPS) is 14.5. The summed E-state index contributed by atoms with van der Waals surface area (Å²) in [5.41, 5.74) is 2.12. The van der Waals surface area contributed by atoms with Gasteiger partial charge in [0.2, 0.25) is 0 Å². The van der Waals surface area contributed by atoms with Crippen LogP contribution in [0.4, 0.5) is 0 Å². The first kappa shape index (κ1) is 14.7. The van der Waals surface area contributed by atoms with Crippen LogP contribution in [0.25, 0.3) is 0 Å². The summed E-state index contributed by atoms with van der Waals surface area (Å²) in [6.07, 6.45) is 0.902. The van der Waals surface area contributed by atoms with Gasteiger partial charge in [-0.2, -0.15) is 5.10 Å². The Morgan fingerprint density at radius 2 is 2.06 bits per heavy atom. The van der Waals surface area contributed by atoms with Crippen LogP contribution in [-0.4, -0.2) is 32.9 Å². The smallest absolute Gasteiger partial charge is 0.325 e. The van der Waals surface area contributed by atoms with Crippen molar-refractivity contribution in [2.24, 2.45) is 0 Å². The van der Waals surface area contributed by atoms with E-state index in [1.165, 1.54) is 0 Å².